The number of benzene rings is 1. The monoisotopic (exact) mass is 263 g/mol. The van der Waals surface area contributed by atoms with Gasteiger partial charge in [-0.25, -0.2) is 0 Å². The first-order valence-electron chi connectivity index (χ1n) is 6.77. The third kappa shape index (κ3) is 6.36. The number of nitrogens with two attached hydrogens (primary N) is 1. The van der Waals surface area contributed by atoms with Crippen molar-refractivity contribution in [3.8, 4) is 0 Å². The molecule has 1 amide bonds. The first-order valence-corrected chi connectivity index (χ1v) is 6.77. The number of carbonyl (C=O) groups is 1. The minimum Gasteiger partial charge on any atom is -0.354 e. The lowest BCUT2D eigenvalue weighted by Gasteiger charge is -2.17. The SMILES string of the molecule is CC(C)NC(=O)CCN(C)Cc1cccc(CN)c1. The van der Waals surface area contributed by atoms with Crippen LogP contribution in [0.3, 0.4) is 0 Å². The molecule has 0 saturated heterocycles. The molecule has 19 heavy (non-hydrogen) atoms. The summed E-state index contributed by atoms with van der Waals surface area (Å²) in [7, 11) is 2.03. The third-order valence-corrected chi connectivity index (χ3v) is 2.85. The number of rotatable bonds is 7. The van der Waals surface area contributed by atoms with Crippen LogP contribution in [-0.2, 0) is 17.9 Å². The average molecular weight is 263 g/mol. The number of carbonyl (C=O) groups excluding carboxylic acids is 1. The highest BCUT2D eigenvalue weighted by Crippen LogP contribution is 2.07. The topological polar surface area (TPSA) is 58.4 Å². The van der Waals surface area contributed by atoms with Crippen molar-refractivity contribution in [2.75, 3.05) is 13.6 Å². The van der Waals surface area contributed by atoms with Crippen LogP contribution in [-0.4, -0.2) is 30.4 Å². The highest BCUT2D eigenvalue weighted by Gasteiger charge is 2.06. The van der Waals surface area contributed by atoms with Crippen LogP contribution >= 0.6 is 0 Å². The minimum atomic E-state index is 0.109. The summed E-state index contributed by atoms with van der Waals surface area (Å²) in [5.74, 6) is 0.109. The zero-order chi connectivity index (χ0) is 14.3. The molecule has 4 nitrogen and oxygen atoms in total. The van der Waals surface area contributed by atoms with E-state index in [1.807, 2.05) is 33.0 Å². The van der Waals surface area contributed by atoms with Crippen LogP contribution in [0.4, 0.5) is 0 Å². The van der Waals surface area contributed by atoms with Crippen LogP contribution < -0.4 is 11.1 Å². The van der Waals surface area contributed by atoms with Gasteiger partial charge in [-0.3, -0.25) is 4.79 Å². The van der Waals surface area contributed by atoms with Gasteiger partial charge in [0, 0.05) is 32.1 Å². The second-order valence-electron chi connectivity index (χ2n) is 5.23. The van der Waals surface area contributed by atoms with E-state index in [1.165, 1.54) is 5.56 Å². The highest BCUT2D eigenvalue weighted by atomic mass is 16.1. The van der Waals surface area contributed by atoms with Crippen LogP contribution in [0.5, 0.6) is 0 Å². The largest absolute Gasteiger partial charge is 0.354 e. The molecule has 0 spiro atoms. The summed E-state index contributed by atoms with van der Waals surface area (Å²) >= 11 is 0. The molecule has 0 bridgehead atoms. The maximum absolute atomic E-state index is 11.6. The van der Waals surface area contributed by atoms with E-state index in [4.69, 9.17) is 5.73 Å². The Morgan fingerprint density at radius 1 is 1.37 bits per heavy atom. The van der Waals surface area contributed by atoms with Crippen molar-refractivity contribution in [1.82, 2.24) is 10.2 Å². The van der Waals surface area contributed by atoms with E-state index in [0.29, 0.717) is 13.0 Å². The van der Waals surface area contributed by atoms with Gasteiger partial charge in [-0.05, 0) is 32.0 Å². The van der Waals surface area contributed by atoms with Crippen molar-refractivity contribution in [3.05, 3.63) is 35.4 Å². The van der Waals surface area contributed by atoms with Gasteiger partial charge in [0.15, 0.2) is 0 Å². The predicted molar refractivity (Wildman–Crippen MR) is 78.6 cm³/mol. The van der Waals surface area contributed by atoms with Gasteiger partial charge < -0.3 is 16.0 Å². The molecule has 0 heterocycles. The highest BCUT2D eigenvalue weighted by molar-refractivity contribution is 5.76. The molecule has 0 fully saturated rings. The molecule has 4 heteroatoms. The normalized spacial score (nSPS) is 11.1. The maximum Gasteiger partial charge on any atom is 0.221 e. The smallest absolute Gasteiger partial charge is 0.221 e. The van der Waals surface area contributed by atoms with Crippen molar-refractivity contribution in [1.29, 1.82) is 0 Å². The van der Waals surface area contributed by atoms with Crippen molar-refractivity contribution < 1.29 is 4.79 Å². The van der Waals surface area contributed by atoms with Crippen molar-refractivity contribution in [2.45, 2.75) is 39.4 Å². The molecule has 0 aliphatic heterocycles. The quantitative estimate of drug-likeness (QED) is 0.783. The number of hydrogen-bond donors (Lipinski definition) is 2. The average Bonchev–Trinajstić information content (AvgIpc) is 2.36. The Bertz CT molecular complexity index is 404. The van der Waals surface area contributed by atoms with E-state index in [2.05, 4.69) is 22.3 Å². The molecule has 0 aliphatic carbocycles. The molecule has 0 saturated carbocycles. The van der Waals surface area contributed by atoms with E-state index < -0.39 is 0 Å². The zero-order valence-electron chi connectivity index (χ0n) is 12.1. The minimum absolute atomic E-state index is 0.109. The van der Waals surface area contributed by atoms with E-state index in [1.54, 1.807) is 0 Å². The first-order chi connectivity index (χ1) is 9.01. The fourth-order valence-electron chi connectivity index (χ4n) is 1.93. The van der Waals surface area contributed by atoms with Gasteiger partial charge in [0.1, 0.15) is 0 Å². The van der Waals surface area contributed by atoms with Gasteiger partial charge in [-0.2, -0.15) is 0 Å². The molecule has 3 N–H and O–H groups in total. The Morgan fingerprint density at radius 2 is 2.05 bits per heavy atom. The van der Waals surface area contributed by atoms with Crippen LogP contribution in [0, 0.1) is 0 Å². The van der Waals surface area contributed by atoms with E-state index >= 15 is 0 Å². The van der Waals surface area contributed by atoms with E-state index in [-0.39, 0.29) is 11.9 Å². The van der Waals surface area contributed by atoms with E-state index in [0.717, 1.165) is 18.7 Å². The number of amides is 1. The van der Waals surface area contributed by atoms with E-state index in [9.17, 15) is 4.79 Å². The molecule has 1 rings (SSSR count). The van der Waals surface area contributed by atoms with Crippen LogP contribution in [0.25, 0.3) is 0 Å². The van der Waals surface area contributed by atoms with Crippen molar-refractivity contribution >= 4 is 5.91 Å². The maximum atomic E-state index is 11.6. The number of hydrogen-bond acceptors (Lipinski definition) is 3. The Labute approximate surface area is 116 Å². The lowest BCUT2D eigenvalue weighted by Crippen LogP contribution is -2.33. The summed E-state index contributed by atoms with van der Waals surface area (Å²) in [6.45, 7) is 6.10. The summed E-state index contributed by atoms with van der Waals surface area (Å²) in [6, 6.07) is 8.46. The van der Waals surface area contributed by atoms with Gasteiger partial charge in [-0.1, -0.05) is 24.3 Å². The summed E-state index contributed by atoms with van der Waals surface area (Å²) in [6.07, 6.45) is 0.533. The van der Waals surface area contributed by atoms with Crippen LogP contribution in [0.2, 0.25) is 0 Å². The predicted octanol–water partition coefficient (Wildman–Crippen LogP) is 1.49. The van der Waals surface area contributed by atoms with Gasteiger partial charge in [0.05, 0.1) is 0 Å². The van der Waals surface area contributed by atoms with Gasteiger partial charge in [0.2, 0.25) is 5.91 Å². The first kappa shape index (κ1) is 15.7. The van der Waals surface area contributed by atoms with Crippen molar-refractivity contribution in [2.24, 2.45) is 5.73 Å². The summed E-state index contributed by atoms with van der Waals surface area (Å²) in [5, 5.41) is 2.90. The van der Waals surface area contributed by atoms with Crippen LogP contribution in [0.1, 0.15) is 31.4 Å². The van der Waals surface area contributed by atoms with Crippen LogP contribution in [0.15, 0.2) is 24.3 Å². The van der Waals surface area contributed by atoms with Gasteiger partial charge in [0.25, 0.3) is 0 Å². The molecule has 0 radical (unpaired) electrons. The second-order valence-corrected chi connectivity index (χ2v) is 5.23. The second kappa shape index (κ2) is 7.92. The lowest BCUT2D eigenvalue weighted by molar-refractivity contribution is -0.121. The van der Waals surface area contributed by atoms with Gasteiger partial charge in [-0.15, -0.1) is 0 Å². The molecule has 0 aromatic heterocycles. The fraction of sp³-hybridized carbons (Fsp3) is 0.533. The Kier molecular flexibility index (Phi) is 6.53. The lowest BCUT2D eigenvalue weighted by atomic mass is 10.1. The molecule has 0 aliphatic rings. The van der Waals surface area contributed by atoms with Crippen molar-refractivity contribution in [3.63, 3.8) is 0 Å². The molecule has 0 atom stereocenters. The number of nitrogens with zero attached hydrogens (tertiary/aromatic N) is 1. The summed E-state index contributed by atoms with van der Waals surface area (Å²) in [4.78, 5) is 13.7. The molecular formula is C15H25N3O. The molecule has 106 valence electrons. The Balaban J connectivity index is 2.38. The molecule has 1 aromatic carbocycles. The Hall–Kier alpha value is -1.39. The standard InChI is InChI=1S/C15H25N3O/c1-12(2)17-15(19)7-8-18(3)11-14-6-4-5-13(9-14)10-16/h4-6,9,12H,7-8,10-11,16H2,1-3H3,(H,17,19). The molecule has 0 unspecified atom stereocenters. The summed E-state index contributed by atoms with van der Waals surface area (Å²) < 4.78 is 0. The number of nitrogens with one attached hydrogen (secondary N) is 1. The van der Waals surface area contributed by atoms with Gasteiger partial charge >= 0.3 is 0 Å². The summed E-state index contributed by atoms with van der Waals surface area (Å²) in [5.41, 5.74) is 8.00. The zero-order valence-corrected chi connectivity index (χ0v) is 12.1. The third-order valence-electron chi connectivity index (χ3n) is 2.85. The molecular weight excluding hydrogens is 238 g/mol. The Morgan fingerprint density at radius 3 is 2.68 bits per heavy atom. The fourth-order valence-corrected chi connectivity index (χ4v) is 1.93. The molecule has 1 aromatic rings.